The van der Waals surface area contributed by atoms with Crippen LogP contribution in [0.3, 0.4) is 0 Å². The number of hydrogen-bond acceptors (Lipinski definition) is 3. The maximum absolute atomic E-state index is 12.5. The fourth-order valence-electron chi connectivity index (χ4n) is 2.40. The van der Waals surface area contributed by atoms with Crippen molar-refractivity contribution in [3.05, 3.63) is 65.2 Å². The molecule has 0 aromatic heterocycles. The Hall–Kier alpha value is -2.62. The van der Waals surface area contributed by atoms with Crippen LogP contribution in [0.4, 0.5) is 0 Å². The molecule has 0 atom stereocenters. The van der Waals surface area contributed by atoms with Crippen LogP contribution in [0.15, 0.2) is 53.4 Å². The number of amides is 1. The average Bonchev–Trinajstić information content (AvgIpc) is 2.64. The summed E-state index contributed by atoms with van der Waals surface area (Å²) in [6.07, 6.45) is 5.11. The highest BCUT2D eigenvalue weighted by molar-refractivity contribution is 7.89. The van der Waals surface area contributed by atoms with Gasteiger partial charge in [0.25, 0.3) is 5.91 Å². The van der Waals surface area contributed by atoms with Gasteiger partial charge in [-0.2, -0.15) is 0 Å². The molecule has 27 heavy (non-hydrogen) atoms. The Labute approximate surface area is 161 Å². The largest absolute Gasteiger partial charge is 0.341 e. The van der Waals surface area contributed by atoms with Crippen molar-refractivity contribution in [2.24, 2.45) is 0 Å². The predicted octanol–water partition coefficient (Wildman–Crippen LogP) is 2.83. The highest BCUT2D eigenvalue weighted by atomic mass is 32.2. The number of benzene rings is 2. The zero-order chi connectivity index (χ0) is 20.1. The first-order valence-corrected chi connectivity index (χ1v) is 10.0. The van der Waals surface area contributed by atoms with Gasteiger partial charge in [0, 0.05) is 12.1 Å². The average molecular weight is 385 g/mol. The fourth-order valence-corrected chi connectivity index (χ4v) is 3.42. The lowest BCUT2D eigenvalue weighted by Gasteiger charge is -2.19. The third kappa shape index (κ3) is 5.68. The maximum Gasteiger partial charge on any atom is 0.252 e. The van der Waals surface area contributed by atoms with E-state index < -0.39 is 10.0 Å². The summed E-state index contributed by atoms with van der Waals surface area (Å²) in [4.78, 5) is 12.0. The fraction of sp³-hybridized carbons (Fsp3) is 0.286. The second kappa shape index (κ2) is 8.38. The summed E-state index contributed by atoms with van der Waals surface area (Å²) < 4.78 is 27.5. The van der Waals surface area contributed by atoms with Crippen molar-refractivity contribution in [3.8, 4) is 12.3 Å². The second-order valence-electron chi connectivity index (χ2n) is 7.18. The van der Waals surface area contributed by atoms with E-state index in [1.165, 1.54) is 0 Å². The van der Waals surface area contributed by atoms with E-state index in [1.54, 1.807) is 36.4 Å². The van der Waals surface area contributed by atoms with Crippen molar-refractivity contribution in [2.75, 3.05) is 6.54 Å². The molecule has 0 aliphatic heterocycles. The van der Waals surface area contributed by atoms with Gasteiger partial charge in [-0.3, -0.25) is 4.79 Å². The van der Waals surface area contributed by atoms with Gasteiger partial charge >= 0.3 is 0 Å². The summed E-state index contributed by atoms with van der Waals surface area (Å²) in [5.41, 5.74) is 2.25. The van der Waals surface area contributed by atoms with Gasteiger partial charge in [-0.05, 0) is 40.8 Å². The number of hydrogen-bond donors (Lipinski definition) is 2. The first-order valence-electron chi connectivity index (χ1n) is 8.54. The van der Waals surface area contributed by atoms with E-state index in [2.05, 4.69) is 36.7 Å². The van der Waals surface area contributed by atoms with Crippen LogP contribution in [-0.4, -0.2) is 20.9 Å². The molecule has 0 aliphatic carbocycles. The van der Waals surface area contributed by atoms with Gasteiger partial charge in [-0.1, -0.05) is 51.0 Å². The van der Waals surface area contributed by atoms with Crippen LogP contribution < -0.4 is 10.0 Å². The molecule has 0 saturated carbocycles. The van der Waals surface area contributed by atoms with Crippen molar-refractivity contribution in [1.29, 1.82) is 0 Å². The molecule has 5 nitrogen and oxygen atoms in total. The molecular weight excluding hydrogens is 360 g/mol. The van der Waals surface area contributed by atoms with Gasteiger partial charge in [0.05, 0.1) is 11.4 Å². The normalized spacial score (nSPS) is 11.6. The van der Waals surface area contributed by atoms with Crippen molar-refractivity contribution < 1.29 is 13.2 Å². The number of nitrogens with one attached hydrogen (secondary N) is 2. The number of carbonyl (C=O) groups is 1. The predicted molar refractivity (Wildman–Crippen MR) is 107 cm³/mol. The lowest BCUT2D eigenvalue weighted by molar-refractivity contribution is 0.0958. The first kappa shape index (κ1) is 20.7. The molecular formula is C21H24N2O3S. The molecule has 0 radical (unpaired) electrons. The van der Waals surface area contributed by atoms with Crippen molar-refractivity contribution in [3.63, 3.8) is 0 Å². The molecule has 2 N–H and O–H groups in total. The maximum atomic E-state index is 12.5. The summed E-state index contributed by atoms with van der Waals surface area (Å²) in [7, 11) is -3.61. The van der Waals surface area contributed by atoms with Gasteiger partial charge in [0.1, 0.15) is 0 Å². The second-order valence-corrected chi connectivity index (χ2v) is 8.95. The SMILES string of the molecule is C#CCNC(=O)c1ccc(CNS(=O)(=O)c2ccc(C(C)(C)C)cc2)cc1. The number of sulfonamides is 1. The van der Waals surface area contributed by atoms with E-state index in [1.807, 2.05) is 12.1 Å². The Kier molecular flexibility index (Phi) is 6.42. The molecule has 0 bridgehead atoms. The standard InChI is InChI=1S/C21H24N2O3S/c1-5-14-22-20(24)17-8-6-16(7-9-17)15-23-27(25,26)19-12-10-18(11-13-19)21(2,3)4/h1,6-13,23H,14-15H2,2-4H3,(H,22,24). The summed E-state index contributed by atoms with van der Waals surface area (Å²) in [5, 5.41) is 2.57. The quantitative estimate of drug-likeness (QED) is 0.752. The summed E-state index contributed by atoms with van der Waals surface area (Å²) >= 11 is 0. The molecule has 0 unspecified atom stereocenters. The van der Waals surface area contributed by atoms with Crippen LogP contribution in [0.5, 0.6) is 0 Å². The molecule has 6 heteroatoms. The van der Waals surface area contributed by atoms with Crippen molar-refractivity contribution in [2.45, 2.75) is 37.6 Å². The van der Waals surface area contributed by atoms with Crippen LogP contribution in [0.2, 0.25) is 0 Å². The Morgan fingerprint density at radius 2 is 1.63 bits per heavy atom. The molecule has 0 heterocycles. The highest BCUT2D eigenvalue weighted by Gasteiger charge is 2.17. The van der Waals surface area contributed by atoms with Gasteiger partial charge in [-0.15, -0.1) is 6.42 Å². The molecule has 0 spiro atoms. The molecule has 0 saturated heterocycles. The van der Waals surface area contributed by atoms with E-state index in [0.717, 1.165) is 11.1 Å². The van der Waals surface area contributed by atoms with Crippen LogP contribution in [0.1, 0.15) is 42.3 Å². The van der Waals surface area contributed by atoms with Gasteiger partial charge in [0.15, 0.2) is 0 Å². The number of carbonyl (C=O) groups excluding carboxylic acids is 1. The Morgan fingerprint density at radius 3 is 2.15 bits per heavy atom. The number of rotatable bonds is 6. The minimum Gasteiger partial charge on any atom is -0.341 e. The van der Waals surface area contributed by atoms with Crippen LogP contribution >= 0.6 is 0 Å². The van der Waals surface area contributed by atoms with Crippen LogP contribution in [0, 0.1) is 12.3 Å². The van der Waals surface area contributed by atoms with E-state index in [-0.39, 0.29) is 29.3 Å². The zero-order valence-corrected chi connectivity index (χ0v) is 16.6. The van der Waals surface area contributed by atoms with Gasteiger partial charge in [-0.25, -0.2) is 13.1 Å². The topological polar surface area (TPSA) is 75.3 Å². The Bertz CT molecular complexity index is 933. The van der Waals surface area contributed by atoms with Crippen molar-refractivity contribution >= 4 is 15.9 Å². The monoisotopic (exact) mass is 384 g/mol. The lowest BCUT2D eigenvalue weighted by atomic mass is 9.87. The molecule has 142 valence electrons. The summed E-state index contributed by atoms with van der Waals surface area (Å²) in [5.74, 6) is 2.07. The molecule has 2 aromatic rings. The van der Waals surface area contributed by atoms with E-state index in [9.17, 15) is 13.2 Å². The number of terminal acetylenes is 1. The van der Waals surface area contributed by atoms with E-state index >= 15 is 0 Å². The molecule has 0 fully saturated rings. The molecule has 0 aliphatic rings. The van der Waals surface area contributed by atoms with Crippen LogP contribution in [0.25, 0.3) is 0 Å². The third-order valence-electron chi connectivity index (χ3n) is 4.06. The minimum atomic E-state index is -3.61. The van der Waals surface area contributed by atoms with Gasteiger partial charge < -0.3 is 5.32 Å². The first-order chi connectivity index (χ1) is 12.6. The van der Waals surface area contributed by atoms with Crippen molar-refractivity contribution in [1.82, 2.24) is 10.0 Å². The Morgan fingerprint density at radius 1 is 1.04 bits per heavy atom. The minimum absolute atomic E-state index is 0.0377. The Balaban J connectivity index is 2.03. The third-order valence-corrected chi connectivity index (χ3v) is 5.48. The molecule has 2 rings (SSSR count). The zero-order valence-electron chi connectivity index (χ0n) is 15.7. The smallest absolute Gasteiger partial charge is 0.252 e. The van der Waals surface area contributed by atoms with E-state index in [0.29, 0.717) is 5.56 Å². The molecule has 1 amide bonds. The highest BCUT2D eigenvalue weighted by Crippen LogP contribution is 2.23. The van der Waals surface area contributed by atoms with Crippen LogP contribution in [-0.2, 0) is 22.0 Å². The lowest BCUT2D eigenvalue weighted by Crippen LogP contribution is -2.24. The van der Waals surface area contributed by atoms with Gasteiger partial charge in [0.2, 0.25) is 10.0 Å². The molecule has 2 aromatic carbocycles. The summed E-state index contributed by atoms with van der Waals surface area (Å²) in [6.45, 7) is 6.52. The van der Waals surface area contributed by atoms with E-state index in [4.69, 9.17) is 6.42 Å². The summed E-state index contributed by atoms with van der Waals surface area (Å²) in [6, 6.07) is 13.6.